The van der Waals surface area contributed by atoms with E-state index in [9.17, 15) is 19.8 Å². The van der Waals surface area contributed by atoms with Gasteiger partial charge in [0.25, 0.3) is 5.85 Å². The number of aliphatic hydroxyl groups excluding tert-OH is 2. The minimum atomic E-state index is -3.95. The number of esters is 1. The van der Waals surface area contributed by atoms with Crippen LogP contribution in [-0.2, 0) is 14.3 Å². The topological polar surface area (TPSA) is 140 Å². The Bertz CT molecular complexity index is 933. The number of aliphatic hydroxyl groups is 2. The molecule has 1 saturated heterocycles. The number of hydrogen-bond donors (Lipinski definition) is 4. The molecule has 2 rings (SSSR count). The molecule has 5 N–H and O–H groups in total. The number of ether oxygens (including phenoxy) is 2. The molecule has 146 valence electrons. The maximum Gasteiger partial charge on any atom is 0.328 e. The number of rotatable bonds is 5. The van der Waals surface area contributed by atoms with Gasteiger partial charge in [-0.2, -0.15) is 0 Å². The number of carbonyl (C=O) groups is 1. The number of hydrogen-bond acceptors (Lipinski definition) is 8. The first-order valence-electron chi connectivity index (χ1n) is 8.84. The summed E-state index contributed by atoms with van der Waals surface area (Å²) in [6.07, 6.45) is -7.59. The van der Waals surface area contributed by atoms with Crippen molar-refractivity contribution in [3.8, 4) is 0 Å². The molecule has 12 heteroatoms. The average Bonchev–Trinajstić information content (AvgIpc) is 2.79. The number of aromatic nitrogens is 2. The molecule has 0 aromatic carbocycles. The van der Waals surface area contributed by atoms with Crippen LogP contribution in [0.4, 0.5) is 4.39 Å². The number of nitrogens with two attached hydrogens (primary N) is 1. The number of nitrogens with one attached hydrogen (secondary N) is 1. The van der Waals surface area contributed by atoms with Crippen LogP contribution in [0.5, 0.6) is 0 Å². The second kappa shape index (κ2) is 7.71. The van der Waals surface area contributed by atoms with Gasteiger partial charge in [-0.3, -0.25) is 14.3 Å². The third-order valence-electron chi connectivity index (χ3n) is 3.60. The standard InChI is InChI=1S/C14H19ClFN3O6S/c1-5(2)7(17)12(22)24-4-14(16)9(21)8(20)11(25-14)19-3-6(15)10(26)18-13(19)23/h3,5,7-9,11,20-21H,4,17H2,1-2H3,(H,18,23,26)/t7-,8+,9-,11+,14+/m0/s1/i4D2,11D. The van der Waals surface area contributed by atoms with Gasteiger partial charge >= 0.3 is 11.7 Å². The highest BCUT2D eigenvalue weighted by molar-refractivity contribution is 7.71. The lowest BCUT2D eigenvalue weighted by Crippen LogP contribution is -2.46. The smallest absolute Gasteiger partial charge is 0.328 e. The first-order chi connectivity index (χ1) is 13.1. The van der Waals surface area contributed by atoms with Crippen LogP contribution in [0.15, 0.2) is 11.0 Å². The summed E-state index contributed by atoms with van der Waals surface area (Å²) in [6.45, 7) is -0.641. The molecular formula is C14H19ClFN3O6S. The number of H-pyrrole nitrogens is 1. The molecule has 2 heterocycles. The van der Waals surface area contributed by atoms with Gasteiger partial charge in [-0.25, -0.2) is 9.18 Å². The van der Waals surface area contributed by atoms with E-state index in [1.807, 2.05) is 4.98 Å². The fraction of sp³-hybridized carbons (Fsp3) is 0.643. The summed E-state index contributed by atoms with van der Waals surface area (Å²) >= 11 is 10.5. The highest BCUT2D eigenvalue weighted by Gasteiger charge is 2.57. The molecule has 26 heavy (non-hydrogen) atoms. The van der Waals surface area contributed by atoms with Gasteiger partial charge in [0.2, 0.25) is 0 Å². The van der Waals surface area contributed by atoms with E-state index in [0.29, 0.717) is 0 Å². The van der Waals surface area contributed by atoms with Crippen LogP contribution in [0, 0.1) is 10.6 Å². The molecule has 0 spiro atoms. The number of carbonyl (C=O) groups excluding carboxylic acids is 1. The number of nitrogens with zero attached hydrogens (tertiary/aromatic N) is 1. The molecule has 0 unspecified atom stereocenters. The highest BCUT2D eigenvalue weighted by atomic mass is 35.5. The van der Waals surface area contributed by atoms with E-state index >= 15 is 4.39 Å². The van der Waals surface area contributed by atoms with Gasteiger partial charge in [-0.15, -0.1) is 0 Å². The van der Waals surface area contributed by atoms with E-state index < -0.39 is 54.4 Å². The van der Waals surface area contributed by atoms with E-state index in [1.54, 1.807) is 0 Å². The Labute approximate surface area is 161 Å². The van der Waals surface area contributed by atoms with Crippen molar-refractivity contribution < 1.29 is 33.0 Å². The highest BCUT2D eigenvalue weighted by Crippen LogP contribution is 2.38. The number of alkyl halides is 1. The summed E-state index contributed by atoms with van der Waals surface area (Å²) in [5, 5.41) is 20.0. The second-order valence-corrected chi connectivity index (χ2v) is 6.69. The van der Waals surface area contributed by atoms with Gasteiger partial charge in [0, 0.05) is 6.20 Å². The second-order valence-electron chi connectivity index (χ2n) is 5.87. The van der Waals surface area contributed by atoms with Gasteiger partial charge in [0.05, 0.1) is 9.13 Å². The summed E-state index contributed by atoms with van der Waals surface area (Å²) in [5.74, 6) is -5.78. The SMILES string of the molecule is [2H]C([2H])(OC(=O)[C@@H](N)C(C)C)[C@@]1(F)O[C@@]([2H])(n2cc(Cl)c(=S)[nH]c2=O)[C@H](O)[C@@H]1O. The fourth-order valence-electron chi connectivity index (χ4n) is 1.96. The average molecular weight is 415 g/mol. The molecule has 1 aliphatic rings. The molecule has 0 radical (unpaired) electrons. The van der Waals surface area contributed by atoms with Crippen LogP contribution >= 0.6 is 23.8 Å². The van der Waals surface area contributed by atoms with E-state index in [-0.39, 0.29) is 14.2 Å². The van der Waals surface area contributed by atoms with Crippen molar-refractivity contribution in [2.24, 2.45) is 11.7 Å². The summed E-state index contributed by atoms with van der Waals surface area (Å²) in [4.78, 5) is 26.1. The normalized spacial score (nSPS) is 34.8. The lowest BCUT2D eigenvalue weighted by Gasteiger charge is -2.24. The van der Waals surface area contributed by atoms with Crippen molar-refractivity contribution in [3.63, 3.8) is 0 Å². The zero-order chi connectivity index (χ0) is 22.5. The molecule has 1 aromatic rings. The summed E-state index contributed by atoms with van der Waals surface area (Å²) in [7, 11) is 0. The molecule has 0 saturated carbocycles. The van der Waals surface area contributed by atoms with Crippen molar-refractivity contribution in [2.45, 2.75) is 44.2 Å². The summed E-state index contributed by atoms with van der Waals surface area (Å²) in [6, 6.07) is -1.33. The maximum absolute atomic E-state index is 15.4. The van der Waals surface area contributed by atoms with Crippen molar-refractivity contribution >= 4 is 29.8 Å². The zero-order valence-electron chi connectivity index (χ0n) is 16.6. The van der Waals surface area contributed by atoms with Crippen molar-refractivity contribution in [2.75, 3.05) is 6.56 Å². The number of halogens is 2. The number of aromatic amines is 1. The first kappa shape index (κ1) is 16.8. The van der Waals surface area contributed by atoms with Gasteiger partial charge < -0.3 is 25.4 Å². The predicted octanol–water partition coefficient (Wildman–Crippen LogP) is 0.00219. The van der Waals surface area contributed by atoms with Gasteiger partial charge in [0.15, 0.2) is 12.8 Å². The molecule has 5 atom stereocenters. The quantitative estimate of drug-likeness (QED) is 0.390. The molecule has 1 fully saturated rings. The molecule has 0 amide bonds. The van der Waals surface area contributed by atoms with Crippen LogP contribution in [0.3, 0.4) is 0 Å². The molecule has 9 nitrogen and oxygen atoms in total. The Hall–Kier alpha value is -1.37. The van der Waals surface area contributed by atoms with Crippen LogP contribution < -0.4 is 11.4 Å². The van der Waals surface area contributed by atoms with Crippen molar-refractivity contribution in [3.05, 3.63) is 26.3 Å². The van der Waals surface area contributed by atoms with E-state index in [1.165, 1.54) is 13.8 Å². The van der Waals surface area contributed by atoms with Crippen LogP contribution in [-0.4, -0.2) is 56.4 Å². The Morgan fingerprint density at radius 2 is 2.35 bits per heavy atom. The molecule has 1 aromatic heterocycles. The van der Waals surface area contributed by atoms with Crippen LogP contribution in [0.25, 0.3) is 0 Å². The summed E-state index contributed by atoms with van der Waals surface area (Å²) < 4.78 is 48.3. The Kier molecular flexibility index (Phi) is 4.97. The lowest BCUT2D eigenvalue weighted by atomic mass is 10.1. The van der Waals surface area contributed by atoms with Crippen LogP contribution in [0.2, 0.25) is 5.02 Å². The lowest BCUT2D eigenvalue weighted by molar-refractivity contribution is -0.217. The van der Waals surface area contributed by atoms with Crippen molar-refractivity contribution in [1.82, 2.24) is 9.55 Å². The summed E-state index contributed by atoms with van der Waals surface area (Å²) in [5.41, 5.74) is 4.38. The van der Waals surface area contributed by atoms with Gasteiger partial charge in [-0.1, -0.05) is 37.7 Å². The Morgan fingerprint density at radius 3 is 2.92 bits per heavy atom. The molecular weight excluding hydrogens is 393 g/mol. The molecule has 0 bridgehead atoms. The largest absolute Gasteiger partial charge is 0.458 e. The third kappa shape index (κ3) is 3.97. The minimum Gasteiger partial charge on any atom is -0.458 e. The zero-order valence-corrected chi connectivity index (χ0v) is 15.2. The fourth-order valence-corrected chi connectivity index (χ4v) is 2.24. The van der Waals surface area contributed by atoms with E-state index in [4.69, 9.17) is 33.7 Å². The monoisotopic (exact) mass is 414 g/mol. The maximum atomic E-state index is 15.4. The van der Waals surface area contributed by atoms with Crippen LogP contribution in [0.1, 0.15) is 24.2 Å². The Balaban J connectivity index is 2.48. The van der Waals surface area contributed by atoms with E-state index in [2.05, 4.69) is 9.47 Å². The van der Waals surface area contributed by atoms with Crippen molar-refractivity contribution in [1.29, 1.82) is 0 Å². The Morgan fingerprint density at radius 1 is 1.73 bits per heavy atom. The predicted molar refractivity (Wildman–Crippen MR) is 90.6 cm³/mol. The minimum absolute atomic E-state index is 0.219. The third-order valence-corrected chi connectivity index (χ3v) is 4.32. The molecule has 0 aliphatic carbocycles. The van der Waals surface area contributed by atoms with Gasteiger partial charge in [0.1, 0.15) is 22.9 Å². The van der Waals surface area contributed by atoms with Gasteiger partial charge in [-0.05, 0) is 5.92 Å². The van der Waals surface area contributed by atoms with E-state index in [0.717, 1.165) is 6.20 Å². The molecule has 1 aliphatic heterocycles. The first-order valence-corrected chi connectivity index (χ1v) is 8.12.